The molecule has 4 nitrogen and oxygen atoms in total. The number of carbonyl (C=O) groups is 1. The van der Waals surface area contributed by atoms with Crippen LogP contribution in [0.1, 0.15) is 23.7 Å². The summed E-state index contributed by atoms with van der Waals surface area (Å²) in [4.78, 5) is 11.5. The van der Waals surface area contributed by atoms with Crippen LogP contribution in [-0.2, 0) is 11.1 Å². The van der Waals surface area contributed by atoms with E-state index in [-0.39, 0.29) is 21.8 Å². The van der Waals surface area contributed by atoms with Crippen molar-refractivity contribution >= 4 is 38.5 Å². The summed E-state index contributed by atoms with van der Waals surface area (Å²) in [5, 5.41) is 2.48. The SMILES string of the molecule is CCC(=O)c1ccc(F)c(NCS(=O)O)c1Br. The molecule has 1 atom stereocenters. The number of benzene rings is 1. The third-order valence-electron chi connectivity index (χ3n) is 2.09. The lowest BCUT2D eigenvalue weighted by atomic mass is 10.1. The van der Waals surface area contributed by atoms with Gasteiger partial charge >= 0.3 is 0 Å². The monoisotopic (exact) mass is 323 g/mol. The number of ketones is 1. The van der Waals surface area contributed by atoms with Crippen LogP contribution in [0, 0.1) is 5.82 Å². The number of Topliss-reactive ketones (excluding diaryl/α,β-unsaturated/α-hetero) is 1. The fraction of sp³-hybridized carbons (Fsp3) is 0.300. The van der Waals surface area contributed by atoms with Crippen molar-refractivity contribution in [1.82, 2.24) is 0 Å². The summed E-state index contributed by atoms with van der Waals surface area (Å²) in [7, 11) is 0. The Kier molecular flexibility index (Phi) is 5.23. The molecule has 0 fully saturated rings. The summed E-state index contributed by atoms with van der Waals surface area (Å²) in [6, 6.07) is 2.53. The zero-order valence-corrected chi connectivity index (χ0v) is 11.4. The fourth-order valence-electron chi connectivity index (χ4n) is 1.25. The second-order valence-corrected chi connectivity index (χ2v) is 4.93. The molecule has 0 aliphatic carbocycles. The highest BCUT2D eigenvalue weighted by atomic mass is 79.9. The smallest absolute Gasteiger partial charge is 0.172 e. The Balaban J connectivity index is 3.10. The van der Waals surface area contributed by atoms with E-state index in [1.807, 2.05) is 0 Å². The summed E-state index contributed by atoms with van der Waals surface area (Å²) >= 11 is 1.03. The van der Waals surface area contributed by atoms with Gasteiger partial charge in [-0.25, -0.2) is 8.60 Å². The van der Waals surface area contributed by atoms with E-state index >= 15 is 0 Å². The first-order valence-electron chi connectivity index (χ1n) is 4.79. The van der Waals surface area contributed by atoms with Crippen molar-refractivity contribution in [2.45, 2.75) is 13.3 Å². The molecule has 7 heteroatoms. The third-order valence-corrected chi connectivity index (χ3v) is 3.30. The number of hydrogen-bond acceptors (Lipinski definition) is 3. The van der Waals surface area contributed by atoms with Gasteiger partial charge in [-0.1, -0.05) is 6.92 Å². The molecule has 94 valence electrons. The van der Waals surface area contributed by atoms with Crippen LogP contribution < -0.4 is 5.32 Å². The summed E-state index contributed by atoms with van der Waals surface area (Å²) in [6.45, 7) is 1.70. The van der Waals surface area contributed by atoms with E-state index in [0.29, 0.717) is 12.0 Å². The lowest BCUT2D eigenvalue weighted by molar-refractivity contribution is 0.0987. The van der Waals surface area contributed by atoms with E-state index < -0.39 is 16.9 Å². The maximum atomic E-state index is 13.5. The molecule has 1 rings (SSSR count). The van der Waals surface area contributed by atoms with Crippen molar-refractivity contribution in [3.63, 3.8) is 0 Å². The van der Waals surface area contributed by atoms with Gasteiger partial charge in [-0.2, -0.15) is 0 Å². The van der Waals surface area contributed by atoms with Crippen LogP contribution >= 0.6 is 15.9 Å². The molecule has 0 radical (unpaired) electrons. The zero-order chi connectivity index (χ0) is 13.0. The summed E-state index contributed by atoms with van der Waals surface area (Å²) in [5.74, 6) is -1.03. The van der Waals surface area contributed by atoms with Gasteiger partial charge in [0.05, 0.1) is 10.2 Å². The van der Waals surface area contributed by atoms with Crippen LogP contribution in [0.3, 0.4) is 0 Å². The van der Waals surface area contributed by atoms with Crippen LogP contribution in [0.25, 0.3) is 0 Å². The minimum absolute atomic E-state index is 0.0201. The average molecular weight is 324 g/mol. The Morgan fingerprint density at radius 1 is 1.59 bits per heavy atom. The third kappa shape index (κ3) is 3.58. The van der Waals surface area contributed by atoms with Gasteiger partial charge in [0.15, 0.2) is 16.9 Å². The minimum atomic E-state index is -2.09. The fourth-order valence-corrected chi connectivity index (χ4v) is 2.20. The van der Waals surface area contributed by atoms with Gasteiger partial charge in [0.1, 0.15) is 11.7 Å². The number of hydrogen-bond donors (Lipinski definition) is 2. The van der Waals surface area contributed by atoms with E-state index in [2.05, 4.69) is 21.2 Å². The largest absolute Gasteiger partial charge is 0.368 e. The molecule has 0 saturated heterocycles. The molecular weight excluding hydrogens is 313 g/mol. The normalized spacial score (nSPS) is 12.2. The standard InChI is InChI=1S/C10H11BrFNO3S/c1-2-8(14)6-3-4-7(12)10(9(6)11)13-5-17(15)16/h3-4,13H,2,5H2,1H3,(H,15,16). The molecule has 0 saturated carbocycles. The second kappa shape index (κ2) is 6.23. The van der Waals surface area contributed by atoms with E-state index in [0.717, 1.165) is 6.07 Å². The van der Waals surface area contributed by atoms with Crippen LogP contribution in [0.4, 0.5) is 10.1 Å². The highest BCUT2D eigenvalue weighted by Gasteiger charge is 2.15. The number of anilines is 1. The van der Waals surface area contributed by atoms with E-state index in [1.54, 1.807) is 6.92 Å². The molecule has 1 unspecified atom stereocenters. The van der Waals surface area contributed by atoms with Gasteiger partial charge in [0, 0.05) is 12.0 Å². The minimum Gasteiger partial charge on any atom is -0.368 e. The van der Waals surface area contributed by atoms with E-state index in [1.165, 1.54) is 6.07 Å². The van der Waals surface area contributed by atoms with Gasteiger partial charge in [-0.15, -0.1) is 0 Å². The highest BCUT2D eigenvalue weighted by Crippen LogP contribution is 2.30. The predicted molar refractivity (Wildman–Crippen MR) is 68.0 cm³/mol. The maximum absolute atomic E-state index is 13.5. The lowest BCUT2D eigenvalue weighted by Gasteiger charge is -2.11. The Hall–Kier alpha value is -0.790. The first kappa shape index (κ1) is 14.3. The quantitative estimate of drug-likeness (QED) is 0.646. The Labute approximate surface area is 109 Å². The average Bonchev–Trinajstić information content (AvgIpc) is 2.27. The maximum Gasteiger partial charge on any atom is 0.172 e. The summed E-state index contributed by atoms with van der Waals surface area (Å²) in [5.41, 5.74) is 0.367. The second-order valence-electron chi connectivity index (χ2n) is 3.20. The molecule has 17 heavy (non-hydrogen) atoms. The van der Waals surface area contributed by atoms with Crippen molar-refractivity contribution in [3.05, 3.63) is 28.0 Å². The first-order valence-corrected chi connectivity index (χ1v) is 6.86. The van der Waals surface area contributed by atoms with Crippen molar-refractivity contribution in [1.29, 1.82) is 0 Å². The molecule has 0 aliphatic rings. The zero-order valence-electron chi connectivity index (χ0n) is 9.00. The topological polar surface area (TPSA) is 66.4 Å². The first-order chi connectivity index (χ1) is 7.97. The molecule has 0 aromatic heterocycles. The molecule has 0 heterocycles. The molecule has 0 spiro atoms. The number of carbonyl (C=O) groups excluding carboxylic acids is 1. The molecule has 1 aromatic rings. The van der Waals surface area contributed by atoms with Crippen molar-refractivity contribution in [2.24, 2.45) is 0 Å². The molecule has 2 N–H and O–H groups in total. The number of halogens is 2. The van der Waals surface area contributed by atoms with Crippen molar-refractivity contribution < 1.29 is 17.9 Å². The predicted octanol–water partition coefficient (Wildman–Crippen LogP) is 2.77. The lowest BCUT2D eigenvalue weighted by Crippen LogP contribution is -2.10. The van der Waals surface area contributed by atoms with Gasteiger partial charge in [0.25, 0.3) is 0 Å². The molecule has 0 aliphatic heterocycles. The van der Waals surface area contributed by atoms with Crippen molar-refractivity contribution in [2.75, 3.05) is 11.2 Å². The molecule has 0 amide bonds. The highest BCUT2D eigenvalue weighted by molar-refractivity contribution is 9.10. The molecule has 1 aromatic carbocycles. The van der Waals surface area contributed by atoms with Crippen LogP contribution in [0.15, 0.2) is 16.6 Å². The van der Waals surface area contributed by atoms with Gasteiger partial charge in [-0.3, -0.25) is 4.79 Å². The van der Waals surface area contributed by atoms with Crippen molar-refractivity contribution in [3.8, 4) is 0 Å². The van der Waals surface area contributed by atoms with E-state index in [9.17, 15) is 13.4 Å². The van der Waals surface area contributed by atoms with Gasteiger partial charge in [-0.05, 0) is 28.1 Å². The van der Waals surface area contributed by atoms with Crippen LogP contribution in [0.2, 0.25) is 0 Å². The van der Waals surface area contributed by atoms with Gasteiger partial charge in [0.2, 0.25) is 0 Å². The van der Waals surface area contributed by atoms with E-state index in [4.69, 9.17) is 4.55 Å². The Bertz CT molecular complexity index is 467. The Morgan fingerprint density at radius 2 is 2.24 bits per heavy atom. The summed E-state index contributed by atoms with van der Waals surface area (Å²) < 4.78 is 32.9. The number of rotatable bonds is 5. The van der Waals surface area contributed by atoms with Crippen LogP contribution in [0.5, 0.6) is 0 Å². The van der Waals surface area contributed by atoms with Gasteiger partial charge < -0.3 is 9.87 Å². The Morgan fingerprint density at radius 3 is 2.76 bits per heavy atom. The number of nitrogens with one attached hydrogen (secondary N) is 1. The molecular formula is C10H11BrFNO3S. The van der Waals surface area contributed by atoms with Crippen LogP contribution in [-0.4, -0.2) is 20.4 Å². The molecule has 0 bridgehead atoms. The summed E-state index contributed by atoms with van der Waals surface area (Å²) in [6.07, 6.45) is 0.301.